The van der Waals surface area contributed by atoms with Gasteiger partial charge in [-0.15, -0.1) is 6.58 Å². The third kappa shape index (κ3) is 4.13. The van der Waals surface area contributed by atoms with Crippen molar-refractivity contribution < 1.29 is 29.5 Å². The molecule has 0 saturated carbocycles. The van der Waals surface area contributed by atoms with Gasteiger partial charge in [0.1, 0.15) is 24.4 Å². The largest absolute Gasteiger partial charge is 0.394 e. The molecule has 0 radical (unpaired) electrons. The summed E-state index contributed by atoms with van der Waals surface area (Å²) in [5.41, 5.74) is 0.914. The average Bonchev–Trinajstić information content (AvgIpc) is 2.55. The number of rotatable bonds is 7. The fourth-order valence-corrected chi connectivity index (χ4v) is 2.32. The van der Waals surface area contributed by atoms with Gasteiger partial charge in [-0.3, -0.25) is 0 Å². The molecule has 122 valence electrons. The molecule has 0 aliphatic carbocycles. The molecule has 3 N–H and O–H groups in total. The number of hydrogen-bond acceptors (Lipinski definition) is 6. The Morgan fingerprint density at radius 3 is 2.50 bits per heavy atom. The summed E-state index contributed by atoms with van der Waals surface area (Å²) in [6.07, 6.45) is -3.57. The van der Waals surface area contributed by atoms with Gasteiger partial charge in [0, 0.05) is 0 Å². The Balaban J connectivity index is 2.02. The third-order valence-electron chi connectivity index (χ3n) is 3.49. The highest BCUT2D eigenvalue weighted by atomic mass is 16.7. The van der Waals surface area contributed by atoms with Crippen LogP contribution < -0.4 is 0 Å². The molecule has 1 aliphatic rings. The van der Waals surface area contributed by atoms with Crippen LogP contribution in [-0.2, 0) is 20.8 Å². The standard InChI is InChI=1S/C16H22O6/c1-2-8-20-16-14(19)15(13(18)12(9-17)22-16)21-10-11-6-4-3-5-7-11/h2-7,12-19H,1,8-10H2/t12-,13-,14+,15+,16+/m1/s1. The van der Waals surface area contributed by atoms with E-state index in [1.54, 1.807) is 0 Å². The van der Waals surface area contributed by atoms with Gasteiger partial charge in [0.25, 0.3) is 0 Å². The molecule has 1 fully saturated rings. The van der Waals surface area contributed by atoms with Gasteiger partial charge in [0.2, 0.25) is 0 Å². The number of aliphatic hydroxyl groups is 3. The smallest absolute Gasteiger partial charge is 0.187 e. The SMILES string of the molecule is C=CCO[C@H]1O[C@H](CO)[C@@H](O)[C@H](OCc2ccccc2)[C@@H]1O. The molecule has 0 spiro atoms. The second kappa shape index (κ2) is 8.38. The van der Waals surface area contributed by atoms with Crippen LogP contribution in [0.1, 0.15) is 5.56 Å². The van der Waals surface area contributed by atoms with Crippen LogP contribution in [0.4, 0.5) is 0 Å². The summed E-state index contributed by atoms with van der Waals surface area (Å²) in [6.45, 7) is 3.54. The molecule has 0 bridgehead atoms. The van der Waals surface area contributed by atoms with E-state index >= 15 is 0 Å². The summed E-state index contributed by atoms with van der Waals surface area (Å²) in [7, 11) is 0. The van der Waals surface area contributed by atoms with Crippen molar-refractivity contribution in [1.82, 2.24) is 0 Å². The summed E-state index contributed by atoms with van der Waals surface area (Å²) in [4.78, 5) is 0. The Bertz CT molecular complexity index is 451. The molecule has 0 amide bonds. The van der Waals surface area contributed by atoms with Crippen molar-refractivity contribution in [3.05, 3.63) is 48.6 Å². The van der Waals surface area contributed by atoms with Gasteiger partial charge in [-0.2, -0.15) is 0 Å². The van der Waals surface area contributed by atoms with Crippen molar-refractivity contribution in [1.29, 1.82) is 0 Å². The second-order valence-electron chi connectivity index (χ2n) is 5.09. The van der Waals surface area contributed by atoms with Gasteiger partial charge in [-0.05, 0) is 5.56 Å². The molecule has 1 aliphatic heterocycles. The lowest BCUT2D eigenvalue weighted by Crippen LogP contribution is -2.60. The molecule has 1 heterocycles. The fraction of sp³-hybridized carbons (Fsp3) is 0.500. The average molecular weight is 310 g/mol. The third-order valence-corrected chi connectivity index (χ3v) is 3.49. The first-order valence-corrected chi connectivity index (χ1v) is 7.18. The molecule has 0 unspecified atom stereocenters. The van der Waals surface area contributed by atoms with Gasteiger partial charge < -0.3 is 29.5 Å². The molecule has 1 saturated heterocycles. The highest BCUT2D eigenvalue weighted by Crippen LogP contribution is 2.25. The van der Waals surface area contributed by atoms with Crippen LogP contribution in [0.5, 0.6) is 0 Å². The lowest BCUT2D eigenvalue weighted by molar-refractivity contribution is -0.306. The summed E-state index contributed by atoms with van der Waals surface area (Å²) < 4.78 is 16.3. The van der Waals surface area contributed by atoms with Gasteiger partial charge in [-0.25, -0.2) is 0 Å². The normalized spacial score (nSPS) is 31.9. The molecule has 1 aromatic carbocycles. The van der Waals surface area contributed by atoms with Crippen molar-refractivity contribution in [2.24, 2.45) is 0 Å². The van der Waals surface area contributed by atoms with Crippen molar-refractivity contribution >= 4 is 0 Å². The fourth-order valence-electron chi connectivity index (χ4n) is 2.32. The second-order valence-corrected chi connectivity index (χ2v) is 5.09. The zero-order valence-electron chi connectivity index (χ0n) is 12.2. The maximum Gasteiger partial charge on any atom is 0.187 e. The molecular formula is C16H22O6. The monoisotopic (exact) mass is 310 g/mol. The number of hydrogen-bond donors (Lipinski definition) is 3. The maximum atomic E-state index is 10.3. The van der Waals surface area contributed by atoms with E-state index in [1.807, 2.05) is 30.3 Å². The Labute approximate surface area is 129 Å². The summed E-state index contributed by atoms with van der Waals surface area (Å²) in [5, 5.41) is 29.7. The zero-order valence-corrected chi connectivity index (χ0v) is 12.2. The van der Waals surface area contributed by atoms with E-state index in [0.717, 1.165) is 5.56 Å². The van der Waals surface area contributed by atoms with E-state index in [4.69, 9.17) is 14.2 Å². The molecule has 2 rings (SSSR count). The minimum absolute atomic E-state index is 0.182. The summed E-state index contributed by atoms with van der Waals surface area (Å²) in [6, 6.07) is 9.41. The summed E-state index contributed by atoms with van der Waals surface area (Å²) >= 11 is 0. The molecule has 22 heavy (non-hydrogen) atoms. The Morgan fingerprint density at radius 2 is 1.86 bits per heavy atom. The number of aliphatic hydroxyl groups excluding tert-OH is 3. The Kier molecular flexibility index (Phi) is 6.50. The topological polar surface area (TPSA) is 88.4 Å². The van der Waals surface area contributed by atoms with E-state index in [-0.39, 0.29) is 13.2 Å². The van der Waals surface area contributed by atoms with Crippen LogP contribution in [0.3, 0.4) is 0 Å². The number of benzene rings is 1. The lowest BCUT2D eigenvalue weighted by Gasteiger charge is -2.41. The van der Waals surface area contributed by atoms with Gasteiger partial charge >= 0.3 is 0 Å². The predicted octanol–water partition coefficient (Wildman–Crippen LogP) is 0.213. The van der Waals surface area contributed by atoms with E-state index in [1.165, 1.54) is 6.08 Å². The maximum absolute atomic E-state index is 10.3. The van der Waals surface area contributed by atoms with Crippen molar-refractivity contribution in [2.45, 2.75) is 37.3 Å². The molecule has 5 atom stereocenters. The Hall–Kier alpha value is -1.28. The van der Waals surface area contributed by atoms with Gasteiger partial charge in [0.05, 0.1) is 19.8 Å². The first kappa shape index (κ1) is 17.1. The van der Waals surface area contributed by atoms with E-state index in [2.05, 4.69) is 6.58 Å². The zero-order chi connectivity index (χ0) is 15.9. The van der Waals surface area contributed by atoms with Gasteiger partial charge in [-0.1, -0.05) is 36.4 Å². The quantitative estimate of drug-likeness (QED) is 0.624. The van der Waals surface area contributed by atoms with Crippen LogP contribution in [0.15, 0.2) is 43.0 Å². The Morgan fingerprint density at radius 1 is 1.14 bits per heavy atom. The van der Waals surface area contributed by atoms with Crippen LogP contribution in [0.25, 0.3) is 0 Å². The highest BCUT2D eigenvalue weighted by molar-refractivity contribution is 5.13. The lowest BCUT2D eigenvalue weighted by atomic mass is 9.99. The minimum atomic E-state index is -1.17. The van der Waals surface area contributed by atoms with Crippen molar-refractivity contribution in [3.8, 4) is 0 Å². The molecule has 6 nitrogen and oxygen atoms in total. The van der Waals surface area contributed by atoms with E-state index < -0.39 is 37.3 Å². The number of ether oxygens (including phenoxy) is 3. The predicted molar refractivity (Wildman–Crippen MR) is 78.9 cm³/mol. The van der Waals surface area contributed by atoms with Gasteiger partial charge in [0.15, 0.2) is 6.29 Å². The highest BCUT2D eigenvalue weighted by Gasteiger charge is 2.45. The summed E-state index contributed by atoms with van der Waals surface area (Å²) in [5.74, 6) is 0. The first-order valence-electron chi connectivity index (χ1n) is 7.18. The first-order chi connectivity index (χ1) is 10.7. The van der Waals surface area contributed by atoms with Crippen LogP contribution in [0, 0.1) is 0 Å². The molecule has 6 heteroatoms. The minimum Gasteiger partial charge on any atom is -0.394 e. The molecule has 0 aromatic heterocycles. The van der Waals surface area contributed by atoms with Crippen molar-refractivity contribution in [2.75, 3.05) is 13.2 Å². The van der Waals surface area contributed by atoms with E-state index in [9.17, 15) is 15.3 Å². The van der Waals surface area contributed by atoms with Crippen LogP contribution >= 0.6 is 0 Å². The molecule has 1 aromatic rings. The van der Waals surface area contributed by atoms with Crippen molar-refractivity contribution in [3.63, 3.8) is 0 Å². The van der Waals surface area contributed by atoms with Crippen LogP contribution in [-0.4, -0.2) is 59.2 Å². The van der Waals surface area contributed by atoms with Crippen LogP contribution in [0.2, 0.25) is 0 Å². The van der Waals surface area contributed by atoms with E-state index in [0.29, 0.717) is 0 Å². The molecular weight excluding hydrogens is 288 g/mol.